The van der Waals surface area contributed by atoms with E-state index < -0.39 is 16.1 Å². The average Bonchev–Trinajstić information content (AvgIpc) is 2.72. The van der Waals surface area contributed by atoms with Crippen LogP contribution in [0.25, 0.3) is 0 Å². The molecule has 2 rings (SSSR count). The van der Waals surface area contributed by atoms with Gasteiger partial charge in [-0.25, -0.2) is 8.42 Å². The highest BCUT2D eigenvalue weighted by Gasteiger charge is 2.27. The van der Waals surface area contributed by atoms with Crippen molar-refractivity contribution in [2.45, 2.75) is 26.8 Å². The van der Waals surface area contributed by atoms with Crippen LogP contribution in [0.1, 0.15) is 37.9 Å². The van der Waals surface area contributed by atoms with Crippen LogP contribution < -0.4 is 19.1 Å². The molecule has 0 saturated heterocycles. The van der Waals surface area contributed by atoms with Gasteiger partial charge in [-0.1, -0.05) is 0 Å². The number of ketones is 1. The molecular formula is C22H27N3O5S. The summed E-state index contributed by atoms with van der Waals surface area (Å²) >= 11 is 0. The van der Waals surface area contributed by atoms with E-state index in [-0.39, 0.29) is 5.78 Å². The van der Waals surface area contributed by atoms with Gasteiger partial charge in [0.2, 0.25) is 10.0 Å². The average molecular weight is 446 g/mol. The van der Waals surface area contributed by atoms with E-state index in [1.54, 1.807) is 36.4 Å². The summed E-state index contributed by atoms with van der Waals surface area (Å²) in [5, 5.41) is 12.1. The number of nitriles is 1. The lowest BCUT2D eigenvalue weighted by atomic mass is 9.99. The standard InChI is InChI=1S/C22H27N3O5S/c1-6-29-20-12-18(19(13-21(20)30-7-2)25(4)31(5,27)28)22(15(3)26)24-17-10-8-16(14-23)9-11-17/h8-13,22,24H,6-7H2,1-5H3. The van der Waals surface area contributed by atoms with E-state index in [4.69, 9.17) is 14.7 Å². The molecular weight excluding hydrogens is 418 g/mol. The number of anilines is 2. The number of rotatable bonds is 10. The lowest BCUT2D eigenvalue weighted by Crippen LogP contribution is -2.29. The summed E-state index contributed by atoms with van der Waals surface area (Å²) in [7, 11) is -2.19. The van der Waals surface area contributed by atoms with Crippen molar-refractivity contribution in [1.29, 1.82) is 5.26 Å². The van der Waals surface area contributed by atoms with E-state index in [9.17, 15) is 13.2 Å². The van der Waals surface area contributed by atoms with Gasteiger partial charge in [-0.15, -0.1) is 0 Å². The van der Waals surface area contributed by atoms with Gasteiger partial charge in [-0.2, -0.15) is 5.26 Å². The third-order valence-corrected chi connectivity index (χ3v) is 5.76. The van der Waals surface area contributed by atoms with Gasteiger partial charge in [-0.05, 0) is 51.1 Å². The van der Waals surface area contributed by atoms with Crippen LogP contribution in [-0.2, 0) is 14.8 Å². The first-order chi connectivity index (χ1) is 14.6. The van der Waals surface area contributed by atoms with Crippen molar-refractivity contribution in [1.82, 2.24) is 0 Å². The van der Waals surface area contributed by atoms with E-state index in [1.165, 1.54) is 14.0 Å². The van der Waals surface area contributed by atoms with Crippen LogP contribution in [0.5, 0.6) is 11.5 Å². The Morgan fingerprint density at radius 1 is 1.13 bits per heavy atom. The van der Waals surface area contributed by atoms with E-state index in [0.717, 1.165) is 10.6 Å². The van der Waals surface area contributed by atoms with E-state index in [2.05, 4.69) is 5.32 Å². The lowest BCUT2D eigenvalue weighted by molar-refractivity contribution is -0.117. The Kier molecular flexibility index (Phi) is 7.89. The molecule has 0 radical (unpaired) electrons. The number of carbonyl (C=O) groups excluding carboxylic acids is 1. The second kappa shape index (κ2) is 10.2. The number of sulfonamides is 1. The van der Waals surface area contributed by atoms with Gasteiger partial charge in [0.25, 0.3) is 0 Å². The van der Waals surface area contributed by atoms with Gasteiger partial charge in [0.15, 0.2) is 17.3 Å². The Hall–Kier alpha value is -3.25. The number of hydrogen-bond acceptors (Lipinski definition) is 7. The smallest absolute Gasteiger partial charge is 0.232 e. The predicted molar refractivity (Wildman–Crippen MR) is 120 cm³/mol. The molecule has 0 heterocycles. The Balaban J connectivity index is 2.67. The molecule has 1 atom stereocenters. The molecule has 0 saturated carbocycles. The van der Waals surface area contributed by atoms with Crippen molar-refractivity contribution in [2.24, 2.45) is 0 Å². The van der Waals surface area contributed by atoms with Gasteiger partial charge < -0.3 is 14.8 Å². The van der Waals surface area contributed by atoms with Crippen molar-refractivity contribution in [3.8, 4) is 17.6 Å². The maximum absolute atomic E-state index is 12.6. The van der Waals surface area contributed by atoms with Crippen molar-refractivity contribution >= 4 is 27.2 Å². The number of carbonyl (C=O) groups is 1. The van der Waals surface area contributed by atoms with Gasteiger partial charge >= 0.3 is 0 Å². The Morgan fingerprint density at radius 3 is 2.13 bits per heavy atom. The first-order valence-corrected chi connectivity index (χ1v) is 11.6. The molecule has 166 valence electrons. The quantitative estimate of drug-likeness (QED) is 0.596. The van der Waals surface area contributed by atoms with Crippen molar-refractivity contribution in [2.75, 3.05) is 36.1 Å². The fourth-order valence-corrected chi connectivity index (χ4v) is 3.51. The van der Waals surface area contributed by atoms with Gasteiger partial charge in [0.05, 0.1) is 36.8 Å². The van der Waals surface area contributed by atoms with Crippen molar-refractivity contribution in [3.05, 3.63) is 47.5 Å². The second-order valence-corrected chi connectivity index (χ2v) is 8.85. The van der Waals surface area contributed by atoms with E-state index in [1.807, 2.05) is 19.9 Å². The first-order valence-electron chi connectivity index (χ1n) is 9.76. The minimum Gasteiger partial charge on any atom is -0.490 e. The third-order valence-electron chi connectivity index (χ3n) is 4.57. The molecule has 8 nitrogen and oxygen atoms in total. The van der Waals surface area contributed by atoms with Gasteiger partial charge in [0.1, 0.15) is 6.04 Å². The molecule has 0 bridgehead atoms. The summed E-state index contributed by atoms with van der Waals surface area (Å²) in [6.45, 7) is 5.79. The molecule has 2 aromatic carbocycles. The summed E-state index contributed by atoms with van der Waals surface area (Å²) in [5.74, 6) is 0.580. The highest BCUT2D eigenvalue weighted by molar-refractivity contribution is 7.92. The Labute approximate surface area is 183 Å². The highest BCUT2D eigenvalue weighted by Crippen LogP contribution is 2.40. The summed E-state index contributed by atoms with van der Waals surface area (Å²) in [6.07, 6.45) is 1.09. The zero-order valence-electron chi connectivity index (χ0n) is 18.3. The third kappa shape index (κ3) is 5.89. The maximum atomic E-state index is 12.6. The molecule has 0 amide bonds. The van der Waals surface area contributed by atoms with Crippen LogP contribution in [0.2, 0.25) is 0 Å². The number of Topliss-reactive ketones (excluding diaryl/α,β-unsaturated/α-hetero) is 1. The molecule has 0 aliphatic rings. The van der Waals surface area contributed by atoms with Crippen LogP contribution in [0.3, 0.4) is 0 Å². The van der Waals surface area contributed by atoms with E-state index >= 15 is 0 Å². The van der Waals surface area contributed by atoms with E-state index in [0.29, 0.717) is 47.2 Å². The summed E-state index contributed by atoms with van der Waals surface area (Å²) < 4.78 is 37.1. The molecule has 0 aliphatic carbocycles. The van der Waals surface area contributed by atoms with Crippen LogP contribution in [0, 0.1) is 11.3 Å². The largest absolute Gasteiger partial charge is 0.490 e. The molecule has 0 spiro atoms. The highest BCUT2D eigenvalue weighted by atomic mass is 32.2. The summed E-state index contributed by atoms with van der Waals surface area (Å²) in [4.78, 5) is 12.6. The van der Waals surface area contributed by atoms with Crippen molar-refractivity contribution < 1.29 is 22.7 Å². The van der Waals surface area contributed by atoms with Crippen LogP contribution in [0.4, 0.5) is 11.4 Å². The number of ether oxygens (including phenoxy) is 2. The fraction of sp³-hybridized carbons (Fsp3) is 0.364. The van der Waals surface area contributed by atoms with Crippen LogP contribution >= 0.6 is 0 Å². The zero-order chi connectivity index (χ0) is 23.2. The normalized spacial score (nSPS) is 11.9. The number of nitrogens with one attached hydrogen (secondary N) is 1. The molecule has 9 heteroatoms. The fourth-order valence-electron chi connectivity index (χ4n) is 2.99. The maximum Gasteiger partial charge on any atom is 0.232 e. The van der Waals surface area contributed by atoms with Gasteiger partial charge in [0, 0.05) is 24.4 Å². The Morgan fingerprint density at radius 2 is 1.68 bits per heavy atom. The molecule has 31 heavy (non-hydrogen) atoms. The first kappa shape index (κ1) is 24.0. The zero-order valence-corrected chi connectivity index (χ0v) is 19.1. The molecule has 1 N–H and O–H groups in total. The monoisotopic (exact) mass is 445 g/mol. The molecule has 0 fully saturated rings. The Bertz CT molecular complexity index is 1080. The molecule has 0 aliphatic heterocycles. The van der Waals surface area contributed by atoms with Crippen LogP contribution in [0.15, 0.2) is 36.4 Å². The predicted octanol–water partition coefficient (Wildman–Crippen LogP) is 3.49. The van der Waals surface area contributed by atoms with Gasteiger partial charge in [-0.3, -0.25) is 9.10 Å². The minimum absolute atomic E-state index is 0.223. The van der Waals surface area contributed by atoms with Crippen LogP contribution in [-0.4, -0.2) is 40.7 Å². The minimum atomic E-state index is -3.61. The second-order valence-electron chi connectivity index (χ2n) is 6.83. The SMILES string of the molecule is CCOc1cc(C(Nc2ccc(C#N)cc2)C(C)=O)c(N(C)S(C)(=O)=O)cc1OCC. The number of benzene rings is 2. The molecule has 2 aromatic rings. The van der Waals surface area contributed by atoms with Crippen molar-refractivity contribution in [3.63, 3.8) is 0 Å². The summed E-state index contributed by atoms with van der Waals surface area (Å²) in [5.41, 5.74) is 1.83. The topological polar surface area (TPSA) is 109 Å². The lowest BCUT2D eigenvalue weighted by Gasteiger charge is -2.27. The number of nitrogens with zero attached hydrogens (tertiary/aromatic N) is 2. The molecule has 1 unspecified atom stereocenters. The number of hydrogen-bond donors (Lipinski definition) is 1. The summed E-state index contributed by atoms with van der Waals surface area (Å²) in [6, 6.07) is 11.0. The molecule has 0 aromatic heterocycles.